The quantitative estimate of drug-likeness (QED) is 0.0216. The molecule has 0 N–H and O–H groups in total. The minimum atomic E-state index is 0. The van der Waals surface area contributed by atoms with Gasteiger partial charge in [0.25, 0.3) is 0 Å². The fourth-order valence-electron chi connectivity index (χ4n) is 20.0. The molecule has 10 heteroatoms. The van der Waals surface area contributed by atoms with E-state index in [4.69, 9.17) is 28.4 Å². The molecule has 0 saturated heterocycles. The number of ketones is 2. The van der Waals surface area contributed by atoms with E-state index in [0.717, 1.165) is 210 Å². The van der Waals surface area contributed by atoms with Gasteiger partial charge in [0.1, 0.15) is 46.1 Å². The summed E-state index contributed by atoms with van der Waals surface area (Å²) in [5.41, 5.74) is 6.43. The van der Waals surface area contributed by atoms with Crippen LogP contribution in [0.4, 0.5) is 0 Å². The van der Waals surface area contributed by atoms with Gasteiger partial charge in [-0.05, 0) is 101 Å². The van der Waals surface area contributed by atoms with Crippen LogP contribution in [0.1, 0.15) is 573 Å². The Kier molecular flexibility index (Phi) is 77.8. The number of ether oxygens (including phenoxy) is 6. The maximum Gasteiger partial charge on any atom is 0.136 e. The third-order valence-electron chi connectivity index (χ3n) is 28.9. The number of carbonyl (C=O) groups is 2. The predicted molar refractivity (Wildman–Crippen MR) is 589 cm³/mol. The summed E-state index contributed by atoms with van der Waals surface area (Å²) < 4.78 is 41.9. The normalized spacial score (nSPS) is 13.2. The molecule has 4 fully saturated rings. The van der Waals surface area contributed by atoms with Gasteiger partial charge in [0.2, 0.25) is 0 Å². The van der Waals surface area contributed by atoms with Gasteiger partial charge in [-0.3, -0.25) is 9.59 Å². The first-order chi connectivity index (χ1) is 68.3. The molecule has 0 bridgehead atoms. The molecule has 0 aromatic heterocycles. The molecule has 0 atom stereocenters. The van der Waals surface area contributed by atoms with Gasteiger partial charge < -0.3 is 28.4 Å². The molecule has 5 aromatic carbocycles. The van der Waals surface area contributed by atoms with Crippen LogP contribution < -0.4 is 28.4 Å². The molecule has 0 radical (unpaired) electrons. The summed E-state index contributed by atoms with van der Waals surface area (Å²) >= 11 is 0. The van der Waals surface area contributed by atoms with Crippen molar-refractivity contribution in [1.29, 1.82) is 0 Å². The molecule has 9 rings (SSSR count). The second-order valence-electron chi connectivity index (χ2n) is 41.4. The van der Waals surface area contributed by atoms with E-state index in [1.165, 1.54) is 347 Å². The minimum absolute atomic E-state index is 0. The van der Waals surface area contributed by atoms with Crippen molar-refractivity contribution in [3.63, 3.8) is 0 Å². The van der Waals surface area contributed by atoms with Crippen molar-refractivity contribution in [2.24, 2.45) is 11.8 Å². The van der Waals surface area contributed by atoms with Gasteiger partial charge in [-0.25, -0.2) is 0 Å². The topological polar surface area (TPSA) is 89.5 Å². The van der Waals surface area contributed by atoms with Crippen molar-refractivity contribution in [2.75, 3.05) is 39.6 Å². The zero-order valence-electron chi connectivity index (χ0n) is 89.8. The number of carbonyl (C=O) groups excluding carboxylic acids is 2. The van der Waals surface area contributed by atoms with Gasteiger partial charge in [0.05, 0.1) is 73.0 Å². The van der Waals surface area contributed by atoms with E-state index in [9.17, 15) is 9.59 Å². The summed E-state index contributed by atoms with van der Waals surface area (Å²) in [7, 11) is 0. The van der Waals surface area contributed by atoms with Crippen molar-refractivity contribution < 1.29 is 72.1 Å². The van der Waals surface area contributed by atoms with E-state index < -0.39 is 0 Å². The predicted octanol–water partition coefficient (Wildman–Crippen LogP) is 38.5. The van der Waals surface area contributed by atoms with Crippen molar-refractivity contribution >= 4 is 11.6 Å². The fraction of sp³-hybridized carbons (Fsp3) is 0.692. The summed E-state index contributed by atoms with van der Waals surface area (Å²) in [6, 6.07) is 33.1. The van der Waals surface area contributed by atoms with Crippen LogP contribution in [-0.2, 0) is 43.7 Å². The van der Waals surface area contributed by atoms with Crippen LogP contribution in [-0.4, -0.2) is 51.2 Å². The van der Waals surface area contributed by atoms with Gasteiger partial charge in [-0.1, -0.05) is 522 Å². The molecule has 0 unspecified atom stereocenters. The van der Waals surface area contributed by atoms with Crippen LogP contribution in [0.3, 0.4) is 0 Å². The maximum absolute atomic E-state index is 12.8. The number of rotatable bonds is 76. The zero-order chi connectivity index (χ0) is 97.0. The van der Waals surface area contributed by atoms with Gasteiger partial charge >= 0.3 is 0 Å². The Morgan fingerprint density at radius 1 is 0.207 bits per heavy atom. The Morgan fingerprint density at radius 2 is 0.364 bits per heavy atom. The molecule has 4 saturated carbocycles. The number of hydrogen-bond acceptors (Lipinski definition) is 8. The Balaban J connectivity index is 0.00000270. The first-order valence-electron chi connectivity index (χ1n) is 58.9. The van der Waals surface area contributed by atoms with Crippen LogP contribution in [0.25, 0.3) is 0 Å². The standard InChI is InChI=1S/C120H178O8.2C5H10.2Fe/c1-5-9-13-17-21-25-33-41-49-67-91-123-115-99-109(117(97-107(115)85-83-103-73-57-55-58-74-103)125-93-69-51-43-35-27-23-19-15-11-7-3)87-89-111-101-120(128-96-72-54-46-38-30-32-40-48-62-82-114(122)106-79-65-66-80-106)112(102-119(111)127-95-71-53-45-37-29-31-39-47-61-81-113(121)105-77-63-64-78-105)90-88-110-100-116(124-92-68-50-42-34-26-22-18-14-10-6-2)108(86-84-104-75-59-56-60-76-104)98-118(110)126-94-70-52-44-36-28-24-20-16-12-8-4;2*1-2-4-5-3-1;;/h55-60,73-76,97-102,105-106H,5-54,61-72,77-82,91-96H2,1-4H3;2*1-5H2;;. The number of unbranched alkanes of at least 4 members (excludes halogenated alkanes) is 52. The van der Waals surface area contributed by atoms with Crippen molar-refractivity contribution in [3.05, 3.63) is 142 Å². The van der Waals surface area contributed by atoms with E-state index in [-0.39, 0.29) is 34.1 Å². The molecule has 140 heavy (non-hydrogen) atoms. The summed E-state index contributed by atoms with van der Waals surface area (Å²) in [4.78, 5) is 25.6. The fourth-order valence-corrected chi connectivity index (χ4v) is 20.0. The molecule has 4 aliphatic rings. The largest absolute Gasteiger partial charge is 0.492 e. The number of hydrogen-bond donors (Lipinski definition) is 0. The first kappa shape index (κ1) is 124. The van der Waals surface area contributed by atoms with E-state index in [2.05, 4.69) is 136 Å². The third-order valence-corrected chi connectivity index (χ3v) is 28.9. The van der Waals surface area contributed by atoms with Gasteiger partial charge in [0.15, 0.2) is 0 Å². The van der Waals surface area contributed by atoms with Crippen molar-refractivity contribution in [1.82, 2.24) is 0 Å². The molecule has 0 aliphatic heterocycles. The molecule has 4 aliphatic carbocycles. The van der Waals surface area contributed by atoms with Crippen molar-refractivity contribution in [2.45, 2.75) is 529 Å². The Hall–Kier alpha value is -6.48. The summed E-state index contributed by atoms with van der Waals surface area (Å²) in [5, 5.41) is 0. The van der Waals surface area contributed by atoms with Crippen LogP contribution in [0.2, 0.25) is 0 Å². The zero-order valence-corrected chi connectivity index (χ0v) is 92.0. The maximum atomic E-state index is 12.8. The molecule has 5 aromatic rings. The molecule has 0 amide bonds. The first-order valence-corrected chi connectivity index (χ1v) is 58.9. The third kappa shape index (κ3) is 61.1. The Morgan fingerprint density at radius 3 is 0.543 bits per heavy atom. The SMILES string of the molecule is C1CCCC1.C1CCCC1.CCCCCCCCCCCCOc1cc(C#Cc2cc(OCCCCCCCCCCCC(=O)C3CCCC3)c(C#Cc3cc(OCCCCCCCCCCCC)c(C#Cc4ccccc4)cc3OCCCCCCCCCCCC)cc2OCCCCCCCCCCCC(=O)C2CCCC2)c(OCCCCCCCCCCCC)cc1C#Cc1ccccc1.[Fe].[Fe]. The van der Waals surface area contributed by atoms with Gasteiger partial charge in [0, 0.05) is 106 Å². The number of benzene rings is 5. The summed E-state index contributed by atoms with van der Waals surface area (Å²) in [5.74, 6) is 34.8. The minimum Gasteiger partial charge on any atom is -0.492 e. The van der Waals surface area contributed by atoms with Gasteiger partial charge in [-0.15, -0.1) is 0 Å². The monoisotopic (exact) mass is 2000 g/mol. The average Bonchev–Trinajstić information content (AvgIpc) is 1.74. The number of Topliss-reactive ketones (excluding diaryl/α,β-unsaturated/α-hetero) is 2. The second kappa shape index (κ2) is 87.9. The van der Waals surface area contributed by atoms with E-state index in [1.807, 2.05) is 36.4 Å². The summed E-state index contributed by atoms with van der Waals surface area (Å²) in [6.45, 7) is 12.5. The van der Waals surface area contributed by atoms with Crippen LogP contribution in [0.15, 0.2) is 97.1 Å². The van der Waals surface area contributed by atoms with Crippen LogP contribution in [0, 0.1) is 59.2 Å². The molecule has 782 valence electrons. The molecular formula is C130H198Fe2O8. The van der Waals surface area contributed by atoms with Crippen molar-refractivity contribution in [3.8, 4) is 81.9 Å². The van der Waals surface area contributed by atoms with Gasteiger partial charge in [-0.2, -0.15) is 0 Å². The Labute approximate surface area is 880 Å². The van der Waals surface area contributed by atoms with Crippen LogP contribution in [0.5, 0.6) is 34.5 Å². The second-order valence-corrected chi connectivity index (χ2v) is 41.4. The summed E-state index contributed by atoms with van der Waals surface area (Å²) in [6.07, 6.45) is 96.0. The average molecular weight is 2000 g/mol. The van der Waals surface area contributed by atoms with E-state index in [0.29, 0.717) is 86.0 Å². The van der Waals surface area contributed by atoms with E-state index in [1.54, 1.807) is 0 Å². The van der Waals surface area contributed by atoms with Crippen LogP contribution >= 0.6 is 0 Å². The smallest absolute Gasteiger partial charge is 0.136 e. The molecule has 8 nitrogen and oxygen atoms in total. The van der Waals surface area contributed by atoms with E-state index >= 15 is 0 Å². The molecular weight excluding hydrogens is 1800 g/mol. The molecule has 0 spiro atoms. The molecule has 0 heterocycles. The Bertz CT molecular complexity index is 3840.